The number of hydrogen-bond acceptors (Lipinski definition) is 20. The molecule has 4 aromatic carbocycles. The zero-order valence-corrected chi connectivity index (χ0v) is 60.6. The van der Waals surface area contributed by atoms with Gasteiger partial charge in [0.2, 0.25) is 17.8 Å². The standard InChI is InChI=1S/C23H21N3O3S.C13H10N2OS.C10H12FNO2.C5H3BrFN.C5H8O2.CH2O3.2Cs.H/c27-23(11-14-28-15-12-23)18-4-3-13-24-21(18)29-17-9-7-16(8-10-17)25-22-26-19-5-1-2-6-20(19)30-22;16-10-7-5-9(6-8-10)14-13-15-11-3-1-2-4-12(11)17-13;11-9-8(2-1-5-12-9)10(13)3-6-14-7-4-10;6-4-2-1-3-8-5(4)7;6-5-1-3-7-4-2-5;2-1-4-3;;;/h1-10,13,27H,11-12,14-15H2,(H,25,26);1-8,16H,(H,14,15);1-2,5,13H,3-4,6-7H2;1-3H;1-4H2;1,3H;;;/q;;;;;;2*+1;-1/p-1. The molecule has 3 aliphatic heterocycles. The van der Waals surface area contributed by atoms with Gasteiger partial charge in [0.25, 0.3) is 6.47 Å². The van der Waals surface area contributed by atoms with Crippen LogP contribution in [0.1, 0.15) is 51.1 Å². The summed E-state index contributed by atoms with van der Waals surface area (Å²) in [5.74, 6) is 0.629. The van der Waals surface area contributed by atoms with Crippen molar-refractivity contribution in [1.29, 1.82) is 0 Å². The van der Waals surface area contributed by atoms with Crippen LogP contribution in [0.2, 0.25) is 0 Å². The van der Waals surface area contributed by atoms with Gasteiger partial charge in [-0.2, -0.15) is 8.78 Å². The number of phenolic OH excluding ortho intramolecular Hbond substituents is 1. The van der Waals surface area contributed by atoms with Crippen LogP contribution in [0, 0.1) is 11.9 Å². The molecule has 3 saturated heterocycles. The minimum atomic E-state index is -1.10. The number of ether oxygens (including phenoxy) is 4. The normalized spacial score (nSPS) is 14.6. The largest absolute Gasteiger partial charge is 1.00 e. The molecule has 82 heavy (non-hydrogen) atoms. The smallest absolute Gasteiger partial charge is 1.00 e. The molecule has 8 heterocycles. The monoisotopic (exact) mass is 1460 g/mol. The van der Waals surface area contributed by atoms with Gasteiger partial charge in [0.1, 0.15) is 17.3 Å². The van der Waals surface area contributed by atoms with Gasteiger partial charge in [-0.15, -0.1) is 0 Å². The number of phenols is 1. The molecule has 12 rings (SSSR count). The fourth-order valence-corrected chi connectivity index (χ4v) is 9.87. The maximum atomic E-state index is 13.3. The van der Waals surface area contributed by atoms with Crippen molar-refractivity contribution >= 4 is 92.9 Å². The Bertz CT molecular complexity index is 3280. The van der Waals surface area contributed by atoms with Crippen LogP contribution in [0.25, 0.3) is 20.4 Å². The first-order valence-corrected chi connectivity index (χ1v) is 27.3. The van der Waals surface area contributed by atoms with E-state index >= 15 is 0 Å². The number of pyridine rings is 3. The Balaban J connectivity index is 0.000000238. The van der Waals surface area contributed by atoms with Crippen LogP contribution in [0.15, 0.2) is 157 Å². The number of ketones is 1. The van der Waals surface area contributed by atoms with Crippen molar-refractivity contribution in [3.05, 3.63) is 180 Å². The molecule has 0 aliphatic carbocycles. The third-order valence-electron chi connectivity index (χ3n) is 12.0. The number of aromatic hydroxyl groups is 1. The summed E-state index contributed by atoms with van der Waals surface area (Å²) < 4.78 is 49.6. The number of nitrogens with zero attached hydrogens (tertiary/aromatic N) is 5. The number of carbonyl (C=O) groups is 2. The van der Waals surface area contributed by atoms with Crippen LogP contribution < -0.4 is 158 Å². The molecule has 0 spiro atoms. The minimum absolute atomic E-state index is 0. The van der Waals surface area contributed by atoms with Gasteiger partial charge in [-0.05, 0) is 119 Å². The van der Waals surface area contributed by atoms with Crippen LogP contribution in [0.5, 0.6) is 17.4 Å². The minimum Gasteiger partial charge on any atom is -1.00 e. The van der Waals surface area contributed by atoms with Crippen molar-refractivity contribution in [3.8, 4) is 17.4 Å². The van der Waals surface area contributed by atoms with Crippen molar-refractivity contribution in [2.45, 2.75) is 49.7 Å². The average molecular weight is 1460 g/mol. The van der Waals surface area contributed by atoms with E-state index in [1.165, 1.54) is 12.4 Å². The van der Waals surface area contributed by atoms with Gasteiger partial charge in [0.15, 0.2) is 10.3 Å². The molecule has 3 fully saturated rings. The van der Waals surface area contributed by atoms with Crippen molar-refractivity contribution in [1.82, 2.24) is 24.9 Å². The van der Waals surface area contributed by atoms with E-state index in [1.807, 2.05) is 84.9 Å². The number of Topliss-reactive ketones (excluding diaryl/α,β-unsaturated/α-hetero) is 1. The molecule has 3 aliphatic rings. The number of para-hydroxylation sites is 2. The Morgan fingerprint density at radius 1 is 0.610 bits per heavy atom. The van der Waals surface area contributed by atoms with Gasteiger partial charge in [-0.1, -0.05) is 53.0 Å². The zero-order valence-electron chi connectivity index (χ0n) is 45.8. The SMILES string of the molecule is Fc1ncccc1Br.O=C1CCOCC1.O=CO[O-].OC1(c2cccnc2F)CCOCC1.OC1(c2cccnc2Oc2ccc(Nc3nc4ccccc4s3)cc2)CCOCC1.Oc1ccc(Nc2nc3ccccc3s2)cc1.[Cs+].[Cs+].[H-]. The van der Waals surface area contributed by atoms with E-state index in [-0.39, 0.29) is 157 Å². The fraction of sp³-hybridized carbons (Fsp3) is 0.246. The van der Waals surface area contributed by atoms with Crippen molar-refractivity contribution in [2.24, 2.45) is 0 Å². The molecule has 5 N–H and O–H groups in total. The van der Waals surface area contributed by atoms with E-state index in [1.54, 1.807) is 65.3 Å². The summed E-state index contributed by atoms with van der Waals surface area (Å²) in [5, 5.41) is 47.1. The number of aliphatic hydroxyl groups is 2. The van der Waals surface area contributed by atoms with Gasteiger partial charge in [0.05, 0.1) is 49.3 Å². The quantitative estimate of drug-likeness (QED) is 0.0415. The molecule has 0 atom stereocenters. The second-order valence-corrected chi connectivity index (χ2v) is 20.4. The molecule has 9 aromatic rings. The average Bonchev–Trinajstić information content (AvgIpc) is 4.17. The Morgan fingerprint density at radius 3 is 1.49 bits per heavy atom. The second-order valence-electron chi connectivity index (χ2n) is 17.5. The van der Waals surface area contributed by atoms with E-state index in [0.717, 1.165) is 42.1 Å². The number of thiazole rings is 2. The number of hydrogen-bond donors (Lipinski definition) is 5. The Labute approximate surface area is 607 Å². The van der Waals surface area contributed by atoms with Crippen LogP contribution >= 0.6 is 38.6 Å². The van der Waals surface area contributed by atoms with E-state index in [2.05, 4.69) is 68.5 Å². The fourth-order valence-electron chi connectivity index (χ4n) is 7.84. The molecule has 18 nitrogen and oxygen atoms in total. The summed E-state index contributed by atoms with van der Waals surface area (Å²) in [6, 6.07) is 40.8. The van der Waals surface area contributed by atoms with Crippen molar-refractivity contribution in [3.63, 3.8) is 0 Å². The number of fused-ring (bicyclic) bond motifs is 2. The van der Waals surface area contributed by atoms with Crippen LogP contribution in [0.4, 0.5) is 30.4 Å². The van der Waals surface area contributed by atoms with Crippen molar-refractivity contribution in [2.75, 3.05) is 50.3 Å². The van der Waals surface area contributed by atoms with Gasteiger partial charge >= 0.3 is 138 Å². The van der Waals surface area contributed by atoms with Crippen LogP contribution in [-0.2, 0) is 39.9 Å². The predicted molar refractivity (Wildman–Crippen MR) is 302 cm³/mol. The van der Waals surface area contributed by atoms with Gasteiger partial charge in [0, 0.05) is 106 Å². The molecule has 25 heteroatoms. The maximum absolute atomic E-state index is 13.3. The number of aromatic nitrogens is 5. The van der Waals surface area contributed by atoms with E-state index in [4.69, 9.17) is 29.0 Å². The zero-order chi connectivity index (χ0) is 56.6. The molecule has 0 radical (unpaired) electrons. The van der Waals surface area contributed by atoms with Gasteiger partial charge < -0.3 is 56.5 Å². The summed E-state index contributed by atoms with van der Waals surface area (Å²) in [6.07, 6.45) is 7.61. The second kappa shape index (κ2) is 36.6. The predicted octanol–water partition coefficient (Wildman–Crippen LogP) is 5.09. The van der Waals surface area contributed by atoms with E-state index in [0.29, 0.717) is 106 Å². The van der Waals surface area contributed by atoms with Gasteiger partial charge in [-0.3, -0.25) is 9.59 Å². The van der Waals surface area contributed by atoms with E-state index < -0.39 is 23.1 Å². The third-order valence-corrected chi connectivity index (χ3v) is 14.5. The third kappa shape index (κ3) is 22.2. The molecular weight excluding hydrogens is 1410 g/mol. The topological polar surface area (TPSA) is 253 Å². The molecule has 0 bridgehead atoms. The van der Waals surface area contributed by atoms with Crippen LogP contribution in [-0.4, -0.2) is 92.1 Å². The molecule has 0 unspecified atom stereocenters. The number of benzene rings is 4. The molecule has 5 aromatic heterocycles. The first-order chi connectivity index (χ1) is 38.8. The maximum Gasteiger partial charge on any atom is 1.00 e. The number of anilines is 4. The molecule has 0 saturated carbocycles. The number of nitrogens with one attached hydrogen (secondary N) is 2. The first kappa shape index (κ1) is 69.4. The first-order valence-electron chi connectivity index (χ1n) is 24.9. The molecule has 0 amide bonds. The number of carbonyl (C=O) groups excluding carboxylic acids is 2. The Hall–Kier alpha value is -3.35. The Kier molecular flexibility index (Phi) is 31.0. The summed E-state index contributed by atoms with van der Waals surface area (Å²) in [4.78, 5) is 42.0. The Morgan fingerprint density at radius 2 is 1.05 bits per heavy atom. The summed E-state index contributed by atoms with van der Waals surface area (Å²) in [7, 11) is 0. The van der Waals surface area contributed by atoms with Crippen molar-refractivity contribution < 1.29 is 202 Å². The van der Waals surface area contributed by atoms with E-state index in [9.17, 15) is 28.9 Å². The number of halogens is 3. The van der Waals surface area contributed by atoms with Gasteiger partial charge in [-0.25, -0.2) is 24.9 Å². The van der Waals surface area contributed by atoms with Crippen LogP contribution in [0.3, 0.4) is 0 Å². The number of rotatable bonds is 9. The molecular formula is C57H56BrCs2F2N7O11S2. The summed E-state index contributed by atoms with van der Waals surface area (Å²) in [6.45, 7) is 3.07. The summed E-state index contributed by atoms with van der Waals surface area (Å²) >= 11 is 6.18. The molecule has 420 valence electrons. The summed E-state index contributed by atoms with van der Waals surface area (Å²) in [5.41, 5.74) is 2.73.